The molecule has 0 bridgehead atoms. The first-order valence-corrected chi connectivity index (χ1v) is 7.60. The highest BCUT2D eigenvalue weighted by Crippen LogP contribution is 2.23. The summed E-state index contributed by atoms with van der Waals surface area (Å²) < 4.78 is 6.77. The Morgan fingerprint density at radius 2 is 2.29 bits per heavy atom. The zero-order valence-electron chi connectivity index (χ0n) is 9.99. The summed E-state index contributed by atoms with van der Waals surface area (Å²) in [7, 11) is 0. The number of morpholine rings is 1. The summed E-state index contributed by atoms with van der Waals surface area (Å²) in [6.07, 6.45) is 0.247. The number of hydrogen-bond donors (Lipinski definition) is 0. The number of aryl methyl sites for hydroxylation is 1. The van der Waals surface area contributed by atoms with Gasteiger partial charge >= 0.3 is 0 Å². The molecular weight excluding hydrogens is 348 g/mol. The van der Waals surface area contributed by atoms with Gasteiger partial charge in [-0.1, -0.05) is 15.9 Å². The van der Waals surface area contributed by atoms with Crippen LogP contribution in [-0.2, 0) is 4.74 Å². The third kappa shape index (κ3) is 3.01. The van der Waals surface area contributed by atoms with Crippen LogP contribution in [0.1, 0.15) is 12.6 Å². The molecule has 5 heteroatoms. The molecule has 1 aliphatic rings. The van der Waals surface area contributed by atoms with Crippen LogP contribution in [0.3, 0.4) is 0 Å². The predicted molar refractivity (Wildman–Crippen MR) is 77.0 cm³/mol. The average molecular weight is 364 g/mol. The molecule has 0 aromatic carbocycles. The van der Waals surface area contributed by atoms with Crippen molar-refractivity contribution in [3.63, 3.8) is 0 Å². The highest BCUT2D eigenvalue weighted by Gasteiger charge is 2.26. The molecule has 0 spiro atoms. The second kappa shape index (κ2) is 5.67. The van der Waals surface area contributed by atoms with Crippen LogP contribution >= 0.6 is 31.9 Å². The monoisotopic (exact) mass is 362 g/mol. The molecule has 2 rings (SSSR count). The van der Waals surface area contributed by atoms with Crippen LogP contribution in [0.2, 0.25) is 0 Å². The van der Waals surface area contributed by atoms with Gasteiger partial charge in [-0.15, -0.1) is 0 Å². The third-order valence-corrected chi connectivity index (χ3v) is 4.54. The van der Waals surface area contributed by atoms with Crippen LogP contribution in [0.5, 0.6) is 0 Å². The largest absolute Gasteiger partial charge is 0.373 e. The van der Waals surface area contributed by atoms with Gasteiger partial charge in [-0.3, -0.25) is 0 Å². The fourth-order valence-electron chi connectivity index (χ4n) is 1.92. The summed E-state index contributed by atoms with van der Waals surface area (Å²) in [5, 5.41) is 0.867. The molecule has 0 radical (unpaired) electrons. The lowest BCUT2D eigenvalue weighted by Crippen LogP contribution is -2.49. The van der Waals surface area contributed by atoms with Gasteiger partial charge in [-0.25, -0.2) is 4.98 Å². The number of pyridine rings is 1. The molecule has 3 nitrogen and oxygen atoms in total. The van der Waals surface area contributed by atoms with Crippen LogP contribution < -0.4 is 4.90 Å². The van der Waals surface area contributed by atoms with Gasteiger partial charge in [0.15, 0.2) is 0 Å². The molecular formula is C12H16Br2N2O. The van der Waals surface area contributed by atoms with E-state index in [9.17, 15) is 0 Å². The van der Waals surface area contributed by atoms with E-state index in [1.54, 1.807) is 0 Å². The maximum absolute atomic E-state index is 5.72. The summed E-state index contributed by atoms with van der Waals surface area (Å²) in [5.41, 5.74) is 1.02. The Morgan fingerprint density at radius 1 is 1.53 bits per heavy atom. The van der Waals surface area contributed by atoms with Crippen LogP contribution in [-0.4, -0.2) is 35.6 Å². The zero-order valence-corrected chi connectivity index (χ0v) is 13.2. The summed E-state index contributed by atoms with van der Waals surface area (Å²) in [4.78, 5) is 6.94. The molecule has 2 heterocycles. The van der Waals surface area contributed by atoms with Gasteiger partial charge in [-0.2, -0.15) is 0 Å². The van der Waals surface area contributed by atoms with E-state index in [1.165, 1.54) is 0 Å². The maximum Gasteiger partial charge on any atom is 0.129 e. The Hall–Kier alpha value is -0.130. The van der Waals surface area contributed by atoms with Crippen LogP contribution in [0, 0.1) is 6.92 Å². The van der Waals surface area contributed by atoms with Gasteiger partial charge in [0.05, 0.1) is 24.4 Å². The van der Waals surface area contributed by atoms with Crippen molar-refractivity contribution in [2.24, 2.45) is 0 Å². The molecule has 1 saturated heterocycles. The number of rotatable bonds is 2. The summed E-state index contributed by atoms with van der Waals surface area (Å²) >= 11 is 6.96. The van der Waals surface area contributed by atoms with Gasteiger partial charge in [0.25, 0.3) is 0 Å². The molecule has 0 amide bonds. The number of aromatic nitrogens is 1. The molecule has 0 aliphatic carbocycles. The number of alkyl halides is 1. The highest BCUT2D eigenvalue weighted by atomic mass is 79.9. The fraction of sp³-hybridized carbons (Fsp3) is 0.583. The Bertz CT molecular complexity index is 400. The molecule has 1 aromatic heterocycles. The van der Waals surface area contributed by atoms with Gasteiger partial charge < -0.3 is 9.64 Å². The number of anilines is 1. The van der Waals surface area contributed by atoms with E-state index >= 15 is 0 Å². The van der Waals surface area contributed by atoms with E-state index in [0.717, 1.165) is 34.5 Å². The Kier molecular flexibility index (Phi) is 4.44. The predicted octanol–water partition coefficient (Wildman–Crippen LogP) is 3.14. The first-order chi connectivity index (χ1) is 8.11. The fourth-order valence-corrected chi connectivity index (χ4v) is 2.53. The minimum absolute atomic E-state index is 0.247. The van der Waals surface area contributed by atoms with Crippen LogP contribution in [0.4, 0.5) is 5.82 Å². The van der Waals surface area contributed by atoms with Crippen molar-refractivity contribution in [3.05, 3.63) is 22.3 Å². The average Bonchev–Trinajstić information content (AvgIpc) is 2.33. The SMILES string of the molecule is Cc1nc(N2CC(CBr)OCC2C)ccc1Br. The van der Waals surface area contributed by atoms with E-state index in [1.807, 2.05) is 6.92 Å². The molecule has 94 valence electrons. The molecule has 0 saturated carbocycles. The summed E-state index contributed by atoms with van der Waals surface area (Å²) in [6, 6.07) is 4.49. The van der Waals surface area contributed by atoms with Crippen molar-refractivity contribution >= 4 is 37.7 Å². The van der Waals surface area contributed by atoms with Crippen molar-refractivity contribution in [3.8, 4) is 0 Å². The molecule has 17 heavy (non-hydrogen) atoms. The number of halogens is 2. The van der Waals surface area contributed by atoms with E-state index in [2.05, 4.69) is 60.8 Å². The molecule has 0 N–H and O–H groups in total. The Balaban J connectivity index is 2.21. The first-order valence-electron chi connectivity index (χ1n) is 5.69. The van der Waals surface area contributed by atoms with Crippen molar-refractivity contribution in [1.82, 2.24) is 4.98 Å². The maximum atomic E-state index is 5.72. The zero-order chi connectivity index (χ0) is 12.4. The minimum Gasteiger partial charge on any atom is -0.373 e. The second-order valence-electron chi connectivity index (χ2n) is 4.35. The summed E-state index contributed by atoms with van der Waals surface area (Å²) in [5.74, 6) is 1.03. The first kappa shape index (κ1) is 13.3. The van der Waals surface area contributed by atoms with E-state index in [0.29, 0.717) is 6.04 Å². The van der Waals surface area contributed by atoms with E-state index < -0.39 is 0 Å². The van der Waals surface area contributed by atoms with E-state index in [4.69, 9.17) is 4.74 Å². The standard InChI is InChI=1S/C12H16Br2N2O/c1-8-7-17-10(5-13)6-16(8)12-4-3-11(14)9(2)15-12/h3-4,8,10H,5-7H2,1-2H3. The number of nitrogens with zero attached hydrogens (tertiary/aromatic N) is 2. The van der Waals surface area contributed by atoms with Gasteiger partial charge in [0.2, 0.25) is 0 Å². The lowest BCUT2D eigenvalue weighted by Gasteiger charge is -2.38. The second-order valence-corrected chi connectivity index (χ2v) is 5.85. The minimum atomic E-state index is 0.247. The molecule has 1 fully saturated rings. The highest BCUT2D eigenvalue weighted by molar-refractivity contribution is 9.10. The van der Waals surface area contributed by atoms with Crippen molar-refractivity contribution in [2.45, 2.75) is 26.0 Å². The Labute approximate surface area is 119 Å². The lowest BCUT2D eigenvalue weighted by atomic mass is 10.2. The quantitative estimate of drug-likeness (QED) is 0.755. The topological polar surface area (TPSA) is 25.4 Å². The third-order valence-electron chi connectivity index (χ3n) is 2.98. The normalized spacial score (nSPS) is 25.1. The Morgan fingerprint density at radius 3 is 2.94 bits per heavy atom. The molecule has 2 atom stereocenters. The van der Waals surface area contributed by atoms with Crippen molar-refractivity contribution in [1.29, 1.82) is 0 Å². The van der Waals surface area contributed by atoms with Gasteiger partial charge in [0.1, 0.15) is 5.82 Å². The van der Waals surface area contributed by atoms with Crippen LogP contribution in [0.15, 0.2) is 16.6 Å². The molecule has 1 aromatic rings. The van der Waals surface area contributed by atoms with Crippen molar-refractivity contribution in [2.75, 3.05) is 23.4 Å². The van der Waals surface area contributed by atoms with Crippen LogP contribution in [0.25, 0.3) is 0 Å². The molecule has 1 aliphatic heterocycles. The molecule has 2 unspecified atom stereocenters. The van der Waals surface area contributed by atoms with Gasteiger partial charge in [-0.05, 0) is 41.9 Å². The smallest absolute Gasteiger partial charge is 0.129 e. The number of ether oxygens (including phenoxy) is 1. The van der Waals surface area contributed by atoms with Crippen molar-refractivity contribution < 1.29 is 4.74 Å². The van der Waals surface area contributed by atoms with Gasteiger partial charge in [0, 0.05) is 16.3 Å². The number of hydrogen-bond acceptors (Lipinski definition) is 3. The van der Waals surface area contributed by atoms with E-state index in [-0.39, 0.29) is 6.10 Å². The summed E-state index contributed by atoms with van der Waals surface area (Å²) in [6.45, 7) is 5.83. The lowest BCUT2D eigenvalue weighted by molar-refractivity contribution is 0.0376.